The molecular weight excluding hydrogens is 376 g/mol. The predicted octanol–water partition coefficient (Wildman–Crippen LogP) is 3.23. The number of carbonyl (C=O) groups is 1. The Balaban J connectivity index is 1.78. The molecule has 4 rings (SSSR count). The number of nitrogens with one attached hydrogen (secondary N) is 1. The van der Waals surface area contributed by atoms with Crippen LogP contribution < -0.4 is 9.62 Å². The van der Waals surface area contributed by atoms with E-state index in [0.29, 0.717) is 22.4 Å². The highest BCUT2D eigenvalue weighted by molar-refractivity contribution is 7.92. The van der Waals surface area contributed by atoms with E-state index in [-0.39, 0.29) is 16.5 Å². The lowest BCUT2D eigenvalue weighted by molar-refractivity contribution is 0.101. The lowest BCUT2D eigenvalue weighted by Gasteiger charge is -2.20. The Hall–Kier alpha value is -3.00. The van der Waals surface area contributed by atoms with Gasteiger partial charge < -0.3 is 4.90 Å². The van der Waals surface area contributed by atoms with E-state index in [4.69, 9.17) is 0 Å². The molecule has 8 heteroatoms. The molecule has 1 fully saturated rings. The molecule has 3 aromatic rings. The quantitative estimate of drug-likeness (QED) is 0.666. The van der Waals surface area contributed by atoms with E-state index in [0.717, 1.165) is 25.9 Å². The Morgan fingerprint density at radius 3 is 2.36 bits per heavy atom. The predicted molar refractivity (Wildman–Crippen MR) is 108 cm³/mol. The number of nitrogens with zero attached hydrogens (tertiary/aromatic N) is 3. The highest BCUT2D eigenvalue weighted by atomic mass is 32.2. The maximum Gasteiger partial charge on any atom is 0.263 e. The Bertz CT molecular complexity index is 1160. The SMILES string of the molecule is CC(=O)c1cccc(S(=O)(=O)Nc2nc3ccccc3nc2N2CCCC2)c1. The summed E-state index contributed by atoms with van der Waals surface area (Å²) in [5, 5.41) is 0. The normalized spacial score (nSPS) is 14.4. The lowest BCUT2D eigenvalue weighted by Crippen LogP contribution is -2.23. The molecule has 2 aromatic carbocycles. The molecule has 1 saturated heterocycles. The number of ketones is 1. The summed E-state index contributed by atoms with van der Waals surface area (Å²) in [7, 11) is -3.92. The summed E-state index contributed by atoms with van der Waals surface area (Å²) in [5.41, 5.74) is 1.67. The van der Waals surface area contributed by atoms with Gasteiger partial charge in [-0.15, -0.1) is 0 Å². The average Bonchev–Trinajstić information content (AvgIpc) is 3.22. The standard InChI is InChI=1S/C20H20N4O3S/c1-14(25)15-7-6-8-16(13-15)28(26,27)23-19-20(24-11-4-5-12-24)22-18-10-3-2-9-17(18)21-19/h2-3,6-10,13H,4-5,11-12H2,1H3,(H,21,23). The van der Waals surface area contributed by atoms with E-state index in [1.165, 1.54) is 19.1 Å². The number of aromatic nitrogens is 2. The third-order valence-corrected chi connectivity index (χ3v) is 6.08. The number of hydrogen-bond donors (Lipinski definition) is 1. The van der Waals surface area contributed by atoms with Crippen LogP contribution in [0.2, 0.25) is 0 Å². The number of rotatable bonds is 5. The number of anilines is 2. The fraction of sp³-hybridized carbons (Fsp3) is 0.250. The van der Waals surface area contributed by atoms with E-state index >= 15 is 0 Å². The van der Waals surface area contributed by atoms with Gasteiger partial charge in [0, 0.05) is 18.7 Å². The van der Waals surface area contributed by atoms with Crippen molar-refractivity contribution in [3.05, 3.63) is 54.1 Å². The fourth-order valence-electron chi connectivity index (χ4n) is 3.28. The van der Waals surface area contributed by atoms with Crippen LogP contribution in [0.1, 0.15) is 30.1 Å². The molecule has 0 saturated carbocycles. The molecule has 0 spiro atoms. The minimum Gasteiger partial charge on any atom is -0.354 e. The first-order valence-corrected chi connectivity index (χ1v) is 10.6. The van der Waals surface area contributed by atoms with E-state index in [2.05, 4.69) is 14.7 Å². The number of para-hydroxylation sites is 2. The molecule has 0 radical (unpaired) electrons. The molecule has 2 heterocycles. The van der Waals surface area contributed by atoms with Crippen LogP contribution >= 0.6 is 0 Å². The van der Waals surface area contributed by atoms with Crippen LogP contribution in [-0.4, -0.2) is 37.3 Å². The van der Waals surface area contributed by atoms with Gasteiger partial charge >= 0.3 is 0 Å². The second-order valence-electron chi connectivity index (χ2n) is 6.77. The zero-order chi connectivity index (χ0) is 19.7. The van der Waals surface area contributed by atoms with E-state index in [9.17, 15) is 13.2 Å². The van der Waals surface area contributed by atoms with Gasteiger partial charge in [0.05, 0.1) is 15.9 Å². The summed E-state index contributed by atoms with van der Waals surface area (Å²) in [6, 6.07) is 13.3. The molecule has 28 heavy (non-hydrogen) atoms. The number of Topliss-reactive ketones (excluding diaryl/α,β-unsaturated/α-hetero) is 1. The highest BCUT2D eigenvalue weighted by Crippen LogP contribution is 2.29. The minimum atomic E-state index is -3.92. The summed E-state index contributed by atoms with van der Waals surface area (Å²) < 4.78 is 28.5. The van der Waals surface area contributed by atoms with Crippen molar-refractivity contribution < 1.29 is 13.2 Å². The van der Waals surface area contributed by atoms with Gasteiger partial charge in [-0.05, 0) is 44.0 Å². The Morgan fingerprint density at radius 2 is 1.68 bits per heavy atom. The van der Waals surface area contributed by atoms with Crippen LogP contribution in [0.4, 0.5) is 11.6 Å². The number of benzene rings is 2. The molecule has 0 bridgehead atoms. The molecule has 1 N–H and O–H groups in total. The van der Waals surface area contributed by atoms with Gasteiger partial charge in [0.25, 0.3) is 10.0 Å². The van der Waals surface area contributed by atoms with Crippen molar-refractivity contribution >= 4 is 38.5 Å². The Labute approximate surface area is 163 Å². The van der Waals surface area contributed by atoms with Crippen LogP contribution in [0.3, 0.4) is 0 Å². The maximum atomic E-state index is 13.0. The van der Waals surface area contributed by atoms with Crippen molar-refractivity contribution in [1.29, 1.82) is 0 Å². The lowest BCUT2D eigenvalue weighted by atomic mass is 10.2. The molecule has 1 aromatic heterocycles. The van der Waals surface area contributed by atoms with Crippen molar-refractivity contribution in [3.8, 4) is 0 Å². The van der Waals surface area contributed by atoms with Gasteiger partial charge in [-0.25, -0.2) is 18.4 Å². The summed E-state index contributed by atoms with van der Waals surface area (Å²) >= 11 is 0. The van der Waals surface area contributed by atoms with Crippen molar-refractivity contribution in [1.82, 2.24) is 9.97 Å². The molecule has 0 aliphatic carbocycles. The molecule has 0 amide bonds. The Kier molecular flexibility index (Phi) is 4.72. The zero-order valence-electron chi connectivity index (χ0n) is 15.4. The number of hydrogen-bond acceptors (Lipinski definition) is 6. The summed E-state index contributed by atoms with van der Waals surface area (Å²) in [6.07, 6.45) is 2.06. The molecule has 1 aliphatic heterocycles. The molecular formula is C20H20N4O3S. The van der Waals surface area contributed by atoms with Crippen LogP contribution in [0.15, 0.2) is 53.4 Å². The summed E-state index contributed by atoms with van der Waals surface area (Å²) in [6.45, 7) is 3.02. The zero-order valence-corrected chi connectivity index (χ0v) is 16.2. The smallest absolute Gasteiger partial charge is 0.263 e. The molecule has 144 valence electrons. The molecule has 0 atom stereocenters. The molecule has 1 aliphatic rings. The monoisotopic (exact) mass is 396 g/mol. The van der Waals surface area contributed by atoms with Gasteiger partial charge in [-0.1, -0.05) is 24.3 Å². The maximum absolute atomic E-state index is 13.0. The largest absolute Gasteiger partial charge is 0.354 e. The highest BCUT2D eigenvalue weighted by Gasteiger charge is 2.24. The fourth-order valence-corrected chi connectivity index (χ4v) is 4.33. The van der Waals surface area contributed by atoms with Crippen LogP contribution in [-0.2, 0) is 10.0 Å². The van der Waals surface area contributed by atoms with Gasteiger partial charge in [-0.3, -0.25) is 9.52 Å². The molecule has 0 unspecified atom stereocenters. The Morgan fingerprint density at radius 1 is 1.00 bits per heavy atom. The first-order valence-electron chi connectivity index (χ1n) is 9.09. The topological polar surface area (TPSA) is 92.3 Å². The van der Waals surface area contributed by atoms with Crippen LogP contribution in [0.25, 0.3) is 11.0 Å². The number of fused-ring (bicyclic) bond motifs is 1. The van der Waals surface area contributed by atoms with Gasteiger partial charge in [0.15, 0.2) is 17.4 Å². The minimum absolute atomic E-state index is 0.0162. The second-order valence-corrected chi connectivity index (χ2v) is 8.45. The van der Waals surface area contributed by atoms with Gasteiger partial charge in [0.1, 0.15) is 0 Å². The molecule has 7 nitrogen and oxygen atoms in total. The average molecular weight is 396 g/mol. The van der Waals surface area contributed by atoms with Crippen molar-refractivity contribution in [2.24, 2.45) is 0 Å². The van der Waals surface area contributed by atoms with Crippen molar-refractivity contribution in [2.45, 2.75) is 24.7 Å². The van der Waals surface area contributed by atoms with Gasteiger partial charge in [-0.2, -0.15) is 0 Å². The summed E-state index contributed by atoms with van der Waals surface area (Å²) in [4.78, 5) is 22.9. The van der Waals surface area contributed by atoms with Crippen LogP contribution in [0.5, 0.6) is 0 Å². The third kappa shape index (κ3) is 3.55. The van der Waals surface area contributed by atoms with E-state index in [1.54, 1.807) is 18.2 Å². The number of sulfonamides is 1. The van der Waals surface area contributed by atoms with E-state index < -0.39 is 10.0 Å². The first kappa shape index (κ1) is 18.4. The third-order valence-electron chi connectivity index (χ3n) is 4.74. The van der Waals surface area contributed by atoms with Crippen LogP contribution in [0, 0.1) is 0 Å². The van der Waals surface area contributed by atoms with Crippen molar-refractivity contribution in [3.63, 3.8) is 0 Å². The van der Waals surface area contributed by atoms with E-state index in [1.807, 2.05) is 23.1 Å². The van der Waals surface area contributed by atoms with Crippen molar-refractivity contribution in [2.75, 3.05) is 22.7 Å². The first-order chi connectivity index (χ1) is 13.4. The summed E-state index contributed by atoms with van der Waals surface area (Å²) in [5.74, 6) is 0.539. The number of carbonyl (C=O) groups excluding carboxylic acids is 1. The second kappa shape index (κ2) is 7.20. The van der Waals surface area contributed by atoms with Gasteiger partial charge in [0.2, 0.25) is 0 Å².